The quantitative estimate of drug-likeness (QED) is 0.359. The van der Waals surface area contributed by atoms with Crippen molar-refractivity contribution in [3.63, 3.8) is 0 Å². The molecular weight excluding hydrogens is 506 g/mol. The second kappa shape index (κ2) is 10.6. The van der Waals surface area contributed by atoms with Crippen molar-refractivity contribution < 1.29 is 33.3 Å². The minimum absolute atomic E-state index is 0. The summed E-state index contributed by atoms with van der Waals surface area (Å²) in [5, 5.41) is 3.86. The van der Waals surface area contributed by atoms with Gasteiger partial charge in [-0.15, -0.1) is 0 Å². The fourth-order valence-corrected chi connectivity index (χ4v) is 3.85. The summed E-state index contributed by atoms with van der Waals surface area (Å²) in [7, 11) is 2.34. The molecule has 0 radical (unpaired) electrons. The van der Waals surface area contributed by atoms with Gasteiger partial charge in [-0.25, -0.2) is 0 Å². The Bertz CT molecular complexity index is 831. The van der Waals surface area contributed by atoms with E-state index in [0.29, 0.717) is 10.0 Å². The summed E-state index contributed by atoms with van der Waals surface area (Å²) >= 11 is 11.9. The lowest BCUT2D eigenvalue weighted by molar-refractivity contribution is -0.926. The highest BCUT2D eigenvalue weighted by atomic mass is 127. The van der Waals surface area contributed by atoms with Gasteiger partial charge >= 0.3 is 0 Å². The number of piperidine rings is 1. The molecule has 6 heteroatoms. The van der Waals surface area contributed by atoms with Crippen molar-refractivity contribution in [1.82, 2.24) is 0 Å². The maximum atomic E-state index is 12.1. The van der Waals surface area contributed by atoms with E-state index in [9.17, 15) is 4.79 Å². The molecule has 1 fully saturated rings. The maximum absolute atomic E-state index is 12.1. The summed E-state index contributed by atoms with van der Waals surface area (Å²) in [6, 6.07) is 13.4. The Morgan fingerprint density at radius 2 is 1.71 bits per heavy atom. The van der Waals surface area contributed by atoms with Crippen LogP contribution < -0.4 is 29.3 Å². The van der Waals surface area contributed by atoms with E-state index in [1.165, 1.54) is 44.0 Å². The largest absolute Gasteiger partial charge is 1.00 e. The van der Waals surface area contributed by atoms with E-state index in [1.807, 2.05) is 18.2 Å². The second-order valence-electron chi connectivity index (χ2n) is 7.48. The van der Waals surface area contributed by atoms with Gasteiger partial charge in [-0.2, -0.15) is 0 Å². The molecule has 2 aromatic carbocycles. The number of amides is 1. The van der Waals surface area contributed by atoms with Gasteiger partial charge in [0.2, 0.25) is 5.91 Å². The van der Waals surface area contributed by atoms with Gasteiger partial charge in [-0.1, -0.05) is 41.4 Å². The molecule has 2 aromatic rings. The first-order chi connectivity index (χ1) is 12.9. The lowest BCUT2D eigenvalue weighted by atomic mass is 10.1. The van der Waals surface area contributed by atoms with Crippen LogP contribution >= 0.6 is 23.2 Å². The van der Waals surface area contributed by atoms with E-state index in [2.05, 4.69) is 24.5 Å². The van der Waals surface area contributed by atoms with Crippen LogP contribution in [-0.2, 0) is 11.3 Å². The van der Waals surface area contributed by atoms with Gasteiger partial charge in [0, 0.05) is 17.3 Å². The zero-order chi connectivity index (χ0) is 19.3. The first-order valence-corrected chi connectivity index (χ1v) is 10.1. The van der Waals surface area contributed by atoms with Crippen molar-refractivity contribution >= 4 is 40.9 Å². The monoisotopic (exact) mass is 530 g/mol. The predicted molar refractivity (Wildman–Crippen MR) is 114 cm³/mol. The number of nitrogens with one attached hydrogen (secondary N) is 1. The number of benzene rings is 2. The van der Waals surface area contributed by atoms with Crippen molar-refractivity contribution in [2.24, 2.45) is 0 Å². The number of halogens is 3. The predicted octanol–water partition coefficient (Wildman–Crippen LogP) is 2.78. The molecular formula is C22H25Cl2IN2O. The molecule has 3 rings (SSSR count). The summed E-state index contributed by atoms with van der Waals surface area (Å²) in [6.45, 7) is 3.54. The summed E-state index contributed by atoms with van der Waals surface area (Å²) in [5.74, 6) is -0.177. The fraction of sp³-hybridized carbons (Fsp3) is 0.318. The first kappa shape index (κ1) is 23.2. The number of hydrogen-bond acceptors (Lipinski definition) is 1. The van der Waals surface area contributed by atoms with E-state index in [0.717, 1.165) is 22.3 Å². The molecule has 1 heterocycles. The highest BCUT2D eigenvalue weighted by molar-refractivity contribution is 6.42. The smallest absolute Gasteiger partial charge is 0.248 e. The Labute approximate surface area is 194 Å². The molecule has 150 valence electrons. The molecule has 1 amide bonds. The van der Waals surface area contributed by atoms with Gasteiger partial charge in [0.1, 0.15) is 6.54 Å². The van der Waals surface area contributed by atoms with Crippen LogP contribution in [0.5, 0.6) is 0 Å². The van der Waals surface area contributed by atoms with E-state index >= 15 is 0 Å². The Balaban J connectivity index is 0.00000280. The Morgan fingerprint density at radius 3 is 2.36 bits per heavy atom. The van der Waals surface area contributed by atoms with Crippen LogP contribution in [-0.4, -0.2) is 30.5 Å². The number of carbonyl (C=O) groups excluding carboxylic acids is 1. The molecule has 0 saturated carbocycles. The van der Waals surface area contributed by atoms with E-state index < -0.39 is 0 Å². The highest BCUT2D eigenvalue weighted by Gasteiger charge is 2.24. The normalized spacial score (nSPS) is 15.8. The van der Waals surface area contributed by atoms with Crippen LogP contribution in [0.25, 0.3) is 6.08 Å². The molecule has 1 aliphatic rings. The van der Waals surface area contributed by atoms with Crippen LogP contribution in [0.3, 0.4) is 0 Å². The third-order valence-electron chi connectivity index (χ3n) is 5.05. The van der Waals surface area contributed by atoms with Crippen LogP contribution in [0.1, 0.15) is 30.4 Å². The van der Waals surface area contributed by atoms with Crippen molar-refractivity contribution in [3.05, 3.63) is 69.7 Å². The Morgan fingerprint density at radius 1 is 1.04 bits per heavy atom. The minimum Gasteiger partial charge on any atom is -1.00 e. The lowest BCUT2D eigenvalue weighted by Gasteiger charge is -2.37. The number of nitrogens with zero attached hydrogens (tertiary/aromatic N) is 1. The van der Waals surface area contributed by atoms with Gasteiger partial charge in [0.15, 0.2) is 0 Å². The van der Waals surface area contributed by atoms with Crippen molar-refractivity contribution in [2.75, 3.05) is 25.5 Å². The second-order valence-corrected chi connectivity index (χ2v) is 8.29. The van der Waals surface area contributed by atoms with Gasteiger partial charge in [-0.3, -0.25) is 4.79 Å². The molecule has 1 aliphatic heterocycles. The van der Waals surface area contributed by atoms with Crippen LogP contribution in [0.15, 0.2) is 48.5 Å². The average molecular weight is 531 g/mol. The van der Waals surface area contributed by atoms with Crippen LogP contribution in [0.4, 0.5) is 5.69 Å². The summed E-state index contributed by atoms with van der Waals surface area (Å²) in [4.78, 5) is 12.1. The third-order valence-corrected chi connectivity index (χ3v) is 5.79. The van der Waals surface area contributed by atoms with Crippen molar-refractivity contribution in [1.29, 1.82) is 0 Å². The maximum Gasteiger partial charge on any atom is 0.248 e. The number of rotatable bonds is 5. The zero-order valence-corrected chi connectivity index (χ0v) is 19.6. The zero-order valence-electron chi connectivity index (χ0n) is 15.9. The molecule has 0 spiro atoms. The van der Waals surface area contributed by atoms with Gasteiger partial charge in [-0.05, 0) is 55.2 Å². The fourth-order valence-electron chi connectivity index (χ4n) is 3.54. The van der Waals surface area contributed by atoms with Crippen LogP contribution in [0, 0.1) is 0 Å². The Kier molecular flexibility index (Phi) is 8.81. The molecule has 0 aromatic heterocycles. The average Bonchev–Trinajstić information content (AvgIpc) is 2.65. The van der Waals surface area contributed by atoms with Crippen LogP contribution in [0.2, 0.25) is 10.0 Å². The number of carbonyl (C=O) groups is 1. The molecule has 0 atom stereocenters. The minimum atomic E-state index is -0.177. The number of quaternary nitrogens is 1. The van der Waals surface area contributed by atoms with E-state index in [1.54, 1.807) is 18.2 Å². The topological polar surface area (TPSA) is 29.1 Å². The van der Waals surface area contributed by atoms with Gasteiger partial charge in [0.05, 0.1) is 30.2 Å². The van der Waals surface area contributed by atoms with Gasteiger partial charge < -0.3 is 33.8 Å². The number of anilines is 1. The van der Waals surface area contributed by atoms with E-state index in [4.69, 9.17) is 23.2 Å². The lowest BCUT2D eigenvalue weighted by Crippen LogP contribution is -3.00. The van der Waals surface area contributed by atoms with E-state index in [-0.39, 0.29) is 29.9 Å². The molecule has 0 unspecified atom stereocenters. The number of hydrogen-bond donors (Lipinski definition) is 1. The summed E-state index contributed by atoms with van der Waals surface area (Å²) < 4.78 is 1.11. The number of likely N-dealkylation sites (tertiary alicyclic amines) is 1. The van der Waals surface area contributed by atoms with Crippen molar-refractivity contribution in [2.45, 2.75) is 25.8 Å². The molecule has 1 N–H and O–H groups in total. The molecule has 3 nitrogen and oxygen atoms in total. The Hall–Kier alpha value is -1.08. The van der Waals surface area contributed by atoms with Gasteiger partial charge in [0.25, 0.3) is 0 Å². The van der Waals surface area contributed by atoms with Crippen molar-refractivity contribution in [3.8, 4) is 0 Å². The standard InChI is InChI=1S/C22H24Cl2N2O.HI/c1-26(13-3-2-4-14-26)16-18-5-9-19(10-6-18)25-22(27)12-8-17-7-11-20(23)21(24)15-17;/h5-12,15H,2-4,13-14,16H2,1H3;1H/b12-8+;. The SMILES string of the molecule is C[N+]1(Cc2ccc(NC(=O)/C=C/c3ccc(Cl)c(Cl)c3)cc2)CCCCC1.[I-]. The summed E-state index contributed by atoms with van der Waals surface area (Å²) in [5.41, 5.74) is 2.93. The highest BCUT2D eigenvalue weighted by Crippen LogP contribution is 2.23. The third kappa shape index (κ3) is 6.76. The summed E-state index contributed by atoms with van der Waals surface area (Å²) in [6.07, 6.45) is 7.20. The molecule has 28 heavy (non-hydrogen) atoms. The molecule has 0 aliphatic carbocycles. The first-order valence-electron chi connectivity index (χ1n) is 9.30. The molecule has 0 bridgehead atoms. The molecule has 1 saturated heterocycles.